The fraction of sp³-hybridized carbons (Fsp3) is 0.286. The van der Waals surface area contributed by atoms with Crippen LogP contribution in [0.5, 0.6) is 17.2 Å². The molecular formula is C28H29Cl2N3O5. The van der Waals surface area contributed by atoms with Gasteiger partial charge in [0.1, 0.15) is 17.2 Å². The Balaban J connectivity index is 1.31. The van der Waals surface area contributed by atoms with Crippen molar-refractivity contribution in [3.63, 3.8) is 0 Å². The van der Waals surface area contributed by atoms with Crippen LogP contribution in [0.2, 0.25) is 10.0 Å². The van der Waals surface area contributed by atoms with Crippen LogP contribution in [0.3, 0.4) is 0 Å². The number of halogens is 2. The topological polar surface area (TPSA) is 80.3 Å². The number of anilines is 2. The van der Waals surface area contributed by atoms with E-state index in [9.17, 15) is 9.59 Å². The summed E-state index contributed by atoms with van der Waals surface area (Å²) in [5.41, 5.74) is 2.19. The molecule has 0 bridgehead atoms. The third-order valence-corrected chi connectivity index (χ3v) is 6.76. The van der Waals surface area contributed by atoms with Crippen LogP contribution < -0.4 is 24.4 Å². The molecule has 0 saturated carbocycles. The maximum atomic E-state index is 13.1. The molecule has 1 aliphatic rings. The number of nitrogens with one attached hydrogen (secondary N) is 1. The standard InChI is InChI=1S/C28H29Cl2N3O5/c1-18(38-26-9-4-20(29)16-25(26)30)27(34)31-21-5-7-22(8-6-21)32-10-12-33(13-11-32)28(35)19-14-23(36-2)17-24(15-19)37-3/h4-9,14-18H,10-13H2,1-3H3,(H,31,34). The molecule has 200 valence electrons. The normalized spacial score (nSPS) is 14.0. The predicted octanol–water partition coefficient (Wildman–Crippen LogP) is 5.38. The second-order valence-corrected chi connectivity index (χ2v) is 9.60. The van der Waals surface area contributed by atoms with Gasteiger partial charge >= 0.3 is 0 Å². The molecule has 1 saturated heterocycles. The van der Waals surface area contributed by atoms with Gasteiger partial charge in [0.15, 0.2) is 6.10 Å². The maximum Gasteiger partial charge on any atom is 0.265 e. The molecule has 1 heterocycles. The van der Waals surface area contributed by atoms with E-state index in [2.05, 4.69) is 10.2 Å². The van der Waals surface area contributed by atoms with Crippen molar-refractivity contribution < 1.29 is 23.8 Å². The van der Waals surface area contributed by atoms with Gasteiger partial charge in [-0.1, -0.05) is 23.2 Å². The van der Waals surface area contributed by atoms with Crippen LogP contribution in [-0.4, -0.2) is 63.2 Å². The Bertz CT molecular complexity index is 1270. The van der Waals surface area contributed by atoms with Crippen LogP contribution in [0.25, 0.3) is 0 Å². The molecule has 3 aromatic carbocycles. The van der Waals surface area contributed by atoms with Gasteiger partial charge in [-0.3, -0.25) is 9.59 Å². The minimum atomic E-state index is -0.761. The highest BCUT2D eigenvalue weighted by Gasteiger charge is 2.23. The van der Waals surface area contributed by atoms with Crippen LogP contribution in [0.15, 0.2) is 60.7 Å². The zero-order valence-electron chi connectivity index (χ0n) is 21.4. The lowest BCUT2D eigenvalue weighted by Crippen LogP contribution is -2.48. The summed E-state index contributed by atoms with van der Waals surface area (Å²) in [5.74, 6) is 1.18. The first-order chi connectivity index (χ1) is 18.3. The lowest BCUT2D eigenvalue weighted by molar-refractivity contribution is -0.122. The van der Waals surface area contributed by atoms with Crippen molar-refractivity contribution in [2.24, 2.45) is 0 Å². The Morgan fingerprint density at radius 2 is 1.50 bits per heavy atom. The number of benzene rings is 3. The molecule has 0 spiro atoms. The average Bonchev–Trinajstić information content (AvgIpc) is 2.94. The molecule has 0 aliphatic carbocycles. The Hall–Kier alpha value is -3.62. The minimum absolute atomic E-state index is 0.0591. The van der Waals surface area contributed by atoms with E-state index < -0.39 is 6.10 Å². The van der Waals surface area contributed by atoms with Gasteiger partial charge in [-0.15, -0.1) is 0 Å². The van der Waals surface area contributed by atoms with Gasteiger partial charge in [-0.25, -0.2) is 0 Å². The zero-order chi connectivity index (χ0) is 27.2. The highest BCUT2D eigenvalue weighted by Crippen LogP contribution is 2.29. The minimum Gasteiger partial charge on any atom is -0.497 e. The van der Waals surface area contributed by atoms with E-state index in [1.165, 1.54) is 0 Å². The number of nitrogens with zero attached hydrogens (tertiary/aromatic N) is 2. The van der Waals surface area contributed by atoms with Gasteiger partial charge in [0.25, 0.3) is 11.8 Å². The van der Waals surface area contributed by atoms with Crippen molar-refractivity contribution in [3.8, 4) is 17.2 Å². The van der Waals surface area contributed by atoms with Gasteiger partial charge in [0.05, 0.1) is 19.2 Å². The second-order valence-electron chi connectivity index (χ2n) is 8.75. The summed E-state index contributed by atoms with van der Waals surface area (Å²) in [6.45, 7) is 4.19. The van der Waals surface area contributed by atoms with E-state index >= 15 is 0 Å². The Labute approximate surface area is 232 Å². The van der Waals surface area contributed by atoms with E-state index in [1.54, 1.807) is 57.5 Å². The lowest BCUT2D eigenvalue weighted by Gasteiger charge is -2.36. The van der Waals surface area contributed by atoms with E-state index in [4.69, 9.17) is 37.4 Å². The van der Waals surface area contributed by atoms with E-state index in [0.29, 0.717) is 64.7 Å². The van der Waals surface area contributed by atoms with E-state index in [0.717, 1.165) is 5.69 Å². The van der Waals surface area contributed by atoms with Crippen LogP contribution in [0.1, 0.15) is 17.3 Å². The third kappa shape index (κ3) is 6.62. The maximum absolute atomic E-state index is 13.1. The largest absolute Gasteiger partial charge is 0.497 e. The fourth-order valence-electron chi connectivity index (χ4n) is 4.10. The number of amides is 2. The molecule has 1 aliphatic heterocycles. The molecule has 1 atom stereocenters. The van der Waals surface area contributed by atoms with Gasteiger partial charge in [0.2, 0.25) is 0 Å². The number of piperazine rings is 1. The first-order valence-electron chi connectivity index (χ1n) is 12.1. The summed E-state index contributed by atoms with van der Waals surface area (Å²) >= 11 is 12.0. The molecule has 1 unspecified atom stereocenters. The number of ether oxygens (including phenoxy) is 3. The highest BCUT2D eigenvalue weighted by atomic mass is 35.5. The fourth-order valence-corrected chi connectivity index (χ4v) is 4.55. The second kappa shape index (κ2) is 12.3. The Morgan fingerprint density at radius 1 is 0.868 bits per heavy atom. The molecule has 2 amide bonds. The summed E-state index contributed by atoms with van der Waals surface area (Å²) in [5, 5.41) is 3.69. The van der Waals surface area contributed by atoms with Crippen molar-refractivity contribution in [2.45, 2.75) is 13.0 Å². The van der Waals surface area contributed by atoms with Gasteiger partial charge in [-0.2, -0.15) is 0 Å². The van der Waals surface area contributed by atoms with Crippen molar-refractivity contribution >= 4 is 46.4 Å². The lowest BCUT2D eigenvalue weighted by atomic mass is 10.1. The smallest absolute Gasteiger partial charge is 0.265 e. The van der Waals surface area contributed by atoms with Crippen LogP contribution in [-0.2, 0) is 4.79 Å². The first kappa shape index (κ1) is 27.4. The van der Waals surface area contributed by atoms with E-state index in [1.807, 2.05) is 29.2 Å². The van der Waals surface area contributed by atoms with Gasteiger partial charge < -0.3 is 29.3 Å². The molecule has 0 aromatic heterocycles. The van der Waals surface area contributed by atoms with Crippen LogP contribution >= 0.6 is 23.2 Å². The number of carbonyl (C=O) groups excluding carboxylic acids is 2. The first-order valence-corrected chi connectivity index (χ1v) is 12.8. The molecule has 4 rings (SSSR count). The van der Waals surface area contributed by atoms with Crippen molar-refractivity contribution in [3.05, 3.63) is 76.3 Å². The summed E-state index contributed by atoms with van der Waals surface area (Å²) in [6, 6.07) is 17.6. The van der Waals surface area contributed by atoms with Crippen LogP contribution in [0.4, 0.5) is 11.4 Å². The molecule has 38 heavy (non-hydrogen) atoms. The highest BCUT2D eigenvalue weighted by molar-refractivity contribution is 6.35. The molecule has 3 aromatic rings. The summed E-state index contributed by atoms with van der Waals surface area (Å²) in [7, 11) is 3.12. The number of methoxy groups -OCH3 is 2. The number of rotatable bonds is 8. The van der Waals surface area contributed by atoms with E-state index in [-0.39, 0.29) is 11.8 Å². The van der Waals surface area contributed by atoms with Crippen molar-refractivity contribution in [1.29, 1.82) is 0 Å². The number of hydrogen-bond donors (Lipinski definition) is 1. The summed E-state index contributed by atoms with van der Waals surface area (Å²) in [4.78, 5) is 29.7. The van der Waals surface area contributed by atoms with Crippen molar-refractivity contribution in [1.82, 2.24) is 4.90 Å². The average molecular weight is 558 g/mol. The SMILES string of the molecule is COc1cc(OC)cc(C(=O)N2CCN(c3ccc(NC(=O)C(C)Oc4ccc(Cl)cc4Cl)cc3)CC2)c1. The molecule has 1 N–H and O–H groups in total. The van der Waals surface area contributed by atoms with Gasteiger partial charge in [-0.05, 0) is 61.5 Å². The molecule has 0 radical (unpaired) electrons. The number of carbonyl (C=O) groups is 2. The quantitative estimate of drug-likeness (QED) is 0.400. The zero-order valence-corrected chi connectivity index (χ0v) is 22.9. The summed E-state index contributed by atoms with van der Waals surface area (Å²) in [6.07, 6.45) is -0.761. The predicted molar refractivity (Wildman–Crippen MR) is 149 cm³/mol. The third-order valence-electron chi connectivity index (χ3n) is 6.23. The molecule has 10 heteroatoms. The Kier molecular flexibility index (Phi) is 8.86. The van der Waals surface area contributed by atoms with Crippen molar-refractivity contribution in [2.75, 3.05) is 50.6 Å². The molecule has 8 nitrogen and oxygen atoms in total. The summed E-state index contributed by atoms with van der Waals surface area (Å²) < 4.78 is 16.3. The Morgan fingerprint density at radius 3 is 2.08 bits per heavy atom. The van der Waals surface area contributed by atoms with Crippen LogP contribution in [0, 0.1) is 0 Å². The monoisotopic (exact) mass is 557 g/mol. The number of hydrogen-bond acceptors (Lipinski definition) is 6. The van der Waals surface area contributed by atoms with Gasteiger partial charge in [0, 0.05) is 54.2 Å². The molecular weight excluding hydrogens is 529 g/mol. The molecule has 1 fully saturated rings.